The average Bonchev–Trinajstić information content (AvgIpc) is 2.28. The number of carboxylic acid groups (broad SMARTS) is 1. The predicted molar refractivity (Wildman–Crippen MR) is 60.4 cm³/mol. The average molecular weight is 236 g/mol. The quantitative estimate of drug-likeness (QED) is 0.489. The number of aliphatic carboxylic acids is 1. The van der Waals surface area contributed by atoms with Crippen molar-refractivity contribution in [3.05, 3.63) is 35.6 Å². The monoisotopic (exact) mass is 236 g/mol. The van der Waals surface area contributed by atoms with Gasteiger partial charge in [-0.1, -0.05) is 12.1 Å². The van der Waals surface area contributed by atoms with Gasteiger partial charge in [-0.2, -0.15) is 0 Å². The molecule has 0 spiro atoms. The van der Waals surface area contributed by atoms with Crippen LogP contribution in [0.4, 0.5) is 0 Å². The fraction of sp³-hybridized carbons (Fsp3) is 0.167. The molecule has 1 aromatic carbocycles. The van der Waals surface area contributed by atoms with Crippen LogP contribution in [0.3, 0.4) is 0 Å². The van der Waals surface area contributed by atoms with Gasteiger partial charge >= 0.3 is 11.9 Å². The molecule has 1 N–H and O–H groups in total. The highest BCUT2D eigenvalue weighted by Gasteiger charge is 2.11. The number of carbonyl (C=O) groups excluding carboxylic acids is 1. The third-order valence-electron chi connectivity index (χ3n) is 1.88. The minimum atomic E-state index is -1.30. The van der Waals surface area contributed by atoms with Crippen LogP contribution in [-0.2, 0) is 14.3 Å². The van der Waals surface area contributed by atoms with Crippen molar-refractivity contribution in [2.24, 2.45) is 0 Å². The molecule has 17 heavy (non-hydrogen) atoms. The van der Waals surface area contributed by atoms with E-state index < -0.39 is 17.7 Å². The lowest BCUT2D eigenvalue weighted by Gasteiger charge is -2.03. The molecule has 1 aromatic rings. The van der Waals surface area contributed by atoms with Gasteiger partial charge in [0.2, 0.25) is 5.76 Å². The number of methoxy groups -OCH3 is 1. The van der Waals surface area contributed by atoms with E-state index in [4.69, 9.17) is 9.84 Å². The lowest BCUT2D eigenvalue weighted by atomic mass is 10.2. The van der Waals surface area contributed by atoms with Crippen molar-refractivity contribution in [3.8, 4) is 5.75 Å². The predicted octanol–water partition coefficient (Wildman–Crippen LogP) is 1.68. The Bertz CT molecular complexity index is 444. The minimum absolute atomic E-state index is 0.414. The summed E-state index contributed by atoms with van der Waals surface area (Å²) in [6.45, 7) is 1.14. The lowest BCUT2D eigenvalue weighted by Crippen LogP contribution is -2.08. The van der Waals surface area contributed by atoms with Gasteiger partial charge in [-0.05, 0) is 23.8 Å². The van der Waals surface area contributed by atoms with E-state index in [1.807, 2.05) is 0 Å². The van der Waals surface area contributed by atoms with Gasteiger partial charge in [0.25, 0.3) is 0 Å². The van der Waals surface area contributed by atoms with Crippen molar-refractivity contribution >= 4 is 18.0 Å². The Morgan fingerprint density at radius 2 is 1.82 bits per heavy atom. The van der Waals surface area contributed by atoms with Crippen LogP contribution >= 0.6 is 0 Å². The Hall–Kier alpha value is -2.30. The zero-order chi connectivity index (χ0) is 12.8. The van der Waals surface area contributed by atoms with E-state index in [-0.39, 0.29) is 0 Å². The van der Waals surface area contributed by atoms with Crippen molar-refractivity contribution in [2.75, 3.05) is 7.11 Å². The second kappa shape index (κ2) is 5.69. The van der Waals surface area contributed by atoms with Crippen LogP contribution in [0.5, 0.6) is 5.75 Å². The zero-order valence-electron chi connectivity index (χ0n) is 9.47. The maximum atomic E-state index is 10.8. The molecule has 0 bridgehead atoms. The number of ether oxygens (including phenoxy) is 2. The molecular formula is C12H12O5. The van der Waals surface area contributed by atoms with Crippen LogP contribution in [0.25, 0.3) is 6.08 Å². The molecule has 1 rings (SSSR count). The fourth-order valence-electron chi connectivity index (χ4n) is 1.14. The van der Waals surface area contributed by atoms with Crippen molar-refractivity contribution < 1.29 is 24.2 Å². The van der Waals surface area contributed by atoms with Crippen LogP contribution in [0.1, 0.15) is 12.5 Å². The zero-order valence-corrected chi connectivity index (χ0v) is 9.47. The molecule has 0 atom stereocenters. The summed E-state index contributed by atoms with van der Waals surface area (Å²) in [7, 11) is 1.53. The Kier molecular flexibility index (Phi) is 4.28. The Balaban J connectivity index is 2.95. The standard InChI is InChI=1S/C12H12O5/c1-8(13)17-11(12(14)15)7-9-3-5-10(16-2)6-4-9/h3-7H,1-2H3,(H,14,15)/b11-7-. The van der Waals surface area contributed by atoms with Gasteiger partial charge in [-0.25, -0.2) is 4.79 Å². The summed E-state index contributed by atoms with van der Waals surface area (Å²) in [6, 6.07) is 6.68. The van der Waals surface area contributed by atoms with Gasteiger partial charge < -0.3 is 14.6 Å². The van der Waals surface area contributed by atoms with Gasteiger partial charge in [-0.15, -0.1) is 0 Å². The summed E-state index contributed by atoms with van der Waals surface area (Å²) in [6.07, 6.45) is 1.27. The number of hydrogen-bond acceptors (Lipinski definition) is 4. The first-order valence-electron chi connectivity index (χ1n) is 4.80. The summed E-state index contributed by atoms with van der Waals surface area (Å²) < 4.78 is 9.53. The molecule has 0 saturated carbocycles. The van der Waals surface area contributed by atoms with E-state index in [0.717, 1.165) is 6.92 Å². The number of rotatable bonds is 4. The Morgan fingerprint density at radius 3 is 2.24 bits per heavy atom. The van der Waals surface area contributed by atoms with Gasteiger partial charge in [0, 0.05) is 6.92 Å². The molecule has 0 aliphatic rings. The number of benzene rings is 1. The van der Waals surface area contributed by atoms with E-state index in [2.05, 4.69) is 4.74 Å². The lowest BCUT2D eigenvalue weighted by molar-refractivity contribution is -0.146. The van der Waals surface area contributed by atoms with E-state index in [9.17, 15) is 9.59 Å². The summed E-state index contributed by atoms with van der Waals surface area (Å²) in [5.74, 6) is -1.72. The summed E-state index contributed by atoms with van der Waals surface area (Å²) in [4.78, 5) is 21.5. The molecule has 5 nitrogen and oxygen atoms in total. The van der Waals surface area contributed by atoms with Gasteiger partial charge in [0.15, 0.2) is 0 Å². The molecule has 0 heterocycles. The maximum absolute atomic E-state index is 10.8. The van der Waals surface area contributed by atoms with E-state index in [1.54, 1.807) is 24.3 Å². The van der Waals surface area contributed by atoms with Gasteiger partial charge in [0.05, 0.1) is 7.11 Å². The molecule has 0 fully saturated rings. The molecule has 0 aliphatic heterocycles. The maximum Gasteiger partial charge on any atom is 0.371 e. The molecule has 0 aromatic heterocycles. The number of hydrogen-bond donors (Lipinski definition) is 1. The first kappa shape index (κ1) is 12.8. The molecule has 0 amide bonds. The first-order chi connectivity index (χ1) is 8.02. The van der Waals surface area contributed by atoms with E-state index in [1.165, 1.54) is 13.2 Å². The van der Waals surface area contributed by atoms with Crippen molar-refractivity contribution in [1.29, 1.82) is 0 Å². The SMILES string of the molecule is COc1ccc(/C=C(\OC(C)=O)C(=O)O)cc1. The second-order valence-electron chi connectivity index (χ2n) is 3.18. The summed E-state index contributed by atoms with van der Waals surface area (Å²) in [5.41, 5.74) is 0.601. The fourth-order valence-corrected chi connectivity index (χ4v) is 1.14. The van der Waals surface area contributed by atoms with Crippen LogP contribution in [0.15, 0.2) is 30.0 Å². The topological polar surface area (TPSA) is 72.8 Å². The van der Waals surface area contributed by atoms with Crippen LogP contribution < -0.4 is 4.74 Å². The molecule has 0 unspecified atom stereocenters. The third-order valence-corrected chi connectivity index (χ3v) is 1.88. The van der Waals surface area contributed by atoms with E-state index >= 15 is 0 Å². The first-order valence-corrected chi connectivity index (χ1v) is 4.80. The normalized spacial score (nSPS) is 10.8. The molecule has 90 valence electrons. The minimum Gasteiger partial charge on any atom is -0.497 e. The highest BCUT2D eigenvalue weighted by atomic mass is 16.6. The molecule has 0 aliphatic carbocycles. The largest absolute Gasteiger partial charge is 0.497 e. The highest BCUT2D eigenvalue weighted by molar-refractivity contribution is 5.92. The Morgan fingerprint density at radius 1 is 1.24 bits per heavy atom. The molecule has 0 radical (unpaired) electrons. The molecule has 5 heteroatoms. The summed E-state index contributed by atoms with van der Waals surface area (Å²) >= 11 is 0. The molecular weight excluding hydrogens is 224 g/mol. The smallest absolute Gasteiger partial charge is 0.371 e. The van der Waals surface area contributed by atoms with Crippen molar-refractivity contribution in [2.45, 2.75) is 6.92 Å². The Labute approximate surface area is 98.3 Å². The van der Waals surface area contributed by atoms with Crippen molar-refractivity contribution in [1.82, 2.24) is 0 Å². The summed E-state index contributed by atoms with van der Waals surface area (Å²) in [5, 5.41) is 8.81. The van der Waals surface area contributed by atoms with E-state index in [0.29, 0.717) is 11.3 Å². The van der Waals surface area contributed by atoms with Crippen LogP contribution in [0, 0.1) is 0 Å². The third kappa shape index (κ3) is 3.98. The van der Waals surface area contributed by atoms with Crippen molar-refractivity contribution in [3.63, 3.8) is 0 Å². The van der Waals surface area contributed by atoms with Gasteiger partial charge in [0.1, 0.15) is 5.75 Å². The number of carbonyl (C=O) groups is 2. The van der Waals surface area contributed by atoms with Crippen LogP contribution in [0.2, 0.25) is 0 Å². The number of esters is 1. The number of carboxylic acids is 1. The molecule has 0 saturated heterocycles. The highest BCUT2D eigenvalue weighted by Crippen LogP contribution is 2.14. The van der Waals surface area contributed by atoms with Crippen LogP contribution in [-0.4, -0.2) is 24.2 Å². The van der Waals surface area contributed by atoms with Gasteiger partial charge in [-0.3, -0.25) is 4.79 Å². The second-order valence-corrected chi connectivity index (χ2v) is 3.18.